The van der Waals surface area contributed by atoms with E-state index in [2.05, 4.69) is 43.6 Å². The summed E-state index contributed by atoms with van der Waals surface area (Å²) in [5, 5.41) is 40.5. The minimum Gasteiger partial charge on any atom is -0.394 e. The van der Waals surface area contributed by atoms with Crippen LogP contribution in [0.4, 0.5) is 11.6 Å². The van der Waals surface area contributed by atoms with E-state index in [1.54, 1.807) is 21.5 Å². The molecule has 4 aromatic rings. The third-order valence-corrected chi connectivity index (χ3v) is 7.97. The first-order chi connectivity index (χ1) is 21.4. The predicted molar refractivity (Wildman–Crippen MR) is 159 cm³/mol. The number of aliphatic hydroxyl groups excluding tert-OH is 4. The maximum atomic E-state index is 10.2. The largest absolute Gasteiger partial charge is 0.394 e. The van der Waals surface area contributed by atoms with Gasteiger partial charge >= 0.3 is 0 Å². The summed E-state index contributed by atoms with van der Waals surface area (Å²) >= 11 is 0. The van der Waals surface area contributed by atoms with Crippen molar-refractivity contribution < 1.29 is 29.9 Å². The second-order valence-electron chi connectivity index (χ2n) is 10.9. The Morgan fingerprint density at radius 1 is 0.727 bits per heavy atom. The summed E-state index contributed by atoms with van der Waals surface area (Å²) in [6, 6.07) is 0. The van der Waals surface area contributed by atoms with Gasteiger partial charge in [-0.3, -0.25) is 0 Å². The second kappa shape index (κ2) is 12.8. The Morgan fingerprint density at radius 2 is 1.16 bits per heavy atom. The highest BCUT2D eigenvalue weighted by Crippen LogP contribution is 2.35. The van der Waals surface area contributed by atoms with Crippen LogP contribution in [0.5, 0.6) is 0 Å². The third-order valence-electron chi connectivity index (χ3n) is 7.97. The number of rotatable bonds is 7. The van der Waals surface area contributed by atoms with Gasteiger partial charge in [-0.15, -0.1) is 0 Å². The zero-order valence-corrected chi connectivity index (χ0v) is 23.9. The molecule has 14 heteroatoms. The summed E-state index contributed by atoms with van der Waals surface area (Å²) < 4.78 is 15.2. The van der Waals surface area contributed by atoms with Crippen LogP contribution in [0.1, 0.15) is 62.1 Å². The number of aromatic nitrogens is 6. The lowest BCUT2D eigenvalue weighted by Gasteiger charge is -2.14. The normalized spacial score (nSPS) is 24.8. The first-order valence-corrected chi connectivity index (χ1v) is 14.5. The monoisotopic (exact) mass is 602 g/mol. The van der Waals surface area contributed by atoms with Crippen LogP contribution >= 0.6 is 0 Å². The lowest BCUT2D eigenvalue weighted by molar-refractivity contribution is -0.0430. The summed E-state index contributed by atoms with van der Waals surface area (Å²) in [7, 11) is 0. The van der Waals surface area contributed by atoms with Crippen molar-refractivity contribution in [1.29, 1.82) is 0 Å². The third kappa shape index (κ3) is 5.67. The Hall–Kier alpha value is -4.28. The van der Waals surface area contributed by atoms with Crippen molar-refractivity contribution in [1.82, 2.24) is 29.1 Å². The van der Waals surface area contributed by atoms with E-state index in [1.165, 1.54) is 12.7 Å². The number of hydrogen-bond donors (Lipinski definition) is 6. The molecule has 0 bridgehead atoms. The SMILES string of the molecule is Nc1ncnc2c1c(C#CCCCCC#Cc1cn([C@H]3C[C@H](O)[C@@H](CO)O3)c3ncnc(N)c13)cn2[C@H]1C[C@H](O)[C@@H](CO)O1. The molecular formula is C30H34N8O6. The van der Waals surface area contributed by atoms with E-state index in [4.69, 9.17) is 20.9 Å². The van der Waals surface area contributed by atoms with Gasteiger partial charge in [0.2, 0.25) is 0 Å². The Bertz CT molecular complexity index is 1650. The first kappa shape index (κ1) is 29.8. The van der Waals surface area contributed by atoms with E-state index < -0.39 is 36.9 Å². The van der Waals surface area contributed by atoms with Gasteiger partial charge in [-0.25, -0.2) is 19.9 Å². The maximum Gasteiger partial charge on any atom is 0.148 e. The Labute approximate surface area is 252 Å². The van der Waals surface area contributed by atoms with Gasteiger partial charge in [-0.1, -0.05) is 23.7 Å². The van der Waals surface area contributed by atoms with Crippen molar-refractivity contribution in [3.63, 3.8) is 0 Å². The molecule has 4 aromatic heterocycles. The number of hydrogen-bond acceptors (Lipinski definition) is 12. The Morgan fingerprint density at radius 3 is 1.55 bits per heavy atom. The van der Waals surface area contributed by atoms with Crippen molar-refractivity contribution in [2.45, 2.75) is 75.4 Å². The summed E-state index contributed by atoms with van der Waals surface area (Å²) in [5.74, 6) is 13.4. The number of anilines is 2. The fraction of sp³-hybridized carbons (Fsp3) is 0.467. The second-order valence-corrected chi connectivity index (χ2v) is 10.9. The molecule has 0 aliphatic carbocycles. The highest BCUT2D eigenvalue weighted by atomic mass is 16.5. The zero-order valence-electron chi connectivity index (χ0n) is 23.9. The maximum absolute atomic E-state index is 10.2. The molecule has 44 heavy (non-hydrogen) atoms. The van der Waals surface area contributed by atoms with Crippen molar-refractivity contribution in [3.8, 4) is 23.7 Å². The molecule has 8 N–H and O–H groups in total. The molecule has 230 valence electrons. The number of nitrogens with two attached hydrogens (primary N) is 2. The van der Waals surface area contributed by atoms with Crippen LogP contribution in [-0.4, -0.2) is 87.1 Å². The van der Waals surface area contributed by atoms with E-state index in [0.717, 1.165) is 12.8 Å². The molecule has 14 nitrogen and oxygen atoms in total. The zero-order chi connectivity index (χ0) is 30.8. The molecule has 0 aromatic carbocycles. The van der Waals surface area contributed by atoms with E-state index >= 15 is 0 Å². The molecule has 6 rings (SSSR count). The number of nitrogen functional groups attached to an aromatic ring is 2. The molecule has 2 saturated heterocycles. The number of unbranched alkanes of at least 4 members (excludes halogenated alkanes) is 3. The van der Waals surface area contributed by atoms with Gasteiger partial charge in [0.25, 0.3) is 0 Å². The molecule has 6 atom stereocenters. The van der Waals surface area contributed by atoms with Gasteiger partial charge in [0, 0.05) is 38.1 Å². The lowest BCUT2D eigenvalue weighted by Crippen LogP contribution is -2.24. The van der Waals surface area contributed by atoms with E-state index in [1.807, 2.05) is 0 Å². The van der Waals surface area contributed by atoms with Crippen LogP contribution in [0, 0.1) is 23.7 Å². The number of nitrogens with zero attached hydrogens (tertiary/aromatic N) is 6. The first-order valence-electron chi connectivity index (χ1n) is 14.5. The summed E-state index contributed by atoms with van der Waals surface area (Å²) in [4.78, 5) is 16.9. The van der Waals surface area contributed by atoms with Crippen molar-refractivity contribution in [3.05, 3.63) is 36.2 Å². The lowest BCUT2D eigenvalue weighted by atomic mass is 10.1. The quantitative estimate of drug-likeness (QED) is 0.127. The minimum atomic E-state index is -0.779. The van der Waals surface area contributed by atoms with Gasteiger partial charge in [-0.05, 0) is 12.8 Å². The number of aliphatic hydroxyl groups is 4. The molecular weight excluding hydrogens is 568 g/mol. The molecule has 0 unspecified atom stereocenters. The molecule has 0 saturated carbocycles. The molecule has 6 heterocycles. The highest BCUT2D eigenvalue weighted by molar-refractivity contribution is 5.93. The van der Waals surface area contributed by atoms with Crippen LogP contribution in [0.15, 0.2) is 25.0 Å². The van der Waals surface area contributed by atoms with Crippen LogP contribution in [-0.2, 0) is 9.47 Å². The predicted octanol–water partition coefficient (Wildman–Crippen LogP) is 0.585. The number of ether oxygens (including phenoxy) is 2. The van der Waals surface area contributed by atoms with Crippen LogP contribution in [0.25, 0.3) is 22.1 Å². The van der Waals surface area contributed by atoms with E-state index in [9.17, 15) is 20.4 Å². The molecule has 0 amide bonds. The number of fused-ring (bicyclic) bond motifs is 2. The summed E-state index contributed by atoms with van der Waals surface area (Å²) in [6.45, 7) is -0.549. The molecule has 2 aliphatic rings. The standard InChI is InChI=1S/C30H34N8O6/c31-27-25-17(11-37(29(25)35-15-33-27)23-9-19(41)21(13-39)43-23)7-5-3-1-2-4-6-8-18-12-38(24-10-20(42)22(14-40)44-24)30-26(18)28(32)34-16-36-30/h11-12,15-16,19-24,39-42H,1-4,9-10,13-14H2,(H2,31,33,35)(H2,32,34,36)/t19-,20-,21+,22+,23+,24+/m0/s1. The van der Waals surface area contributed by atoms with Gasteiger partial charge in [0.15, 0.2) is 0 Å². The Kier molecular flexibility index (Phi) is 8.63. The fourth-order valence-corrected chi connectivity index (χ4v) is 5.69. The van der Waals surface area contributed by atoms with Crippen molar-refractivity contribution >= 4 is 33.7 Å². The molecule has 2 aliphatic heterocycles. The Balaban J connectivity index is 1.10. The summed E-state index contributed by atoms with van der Waals surface area (Å²) in [5.41, 5.74) is 14.8. The molecule has 0 radical (unpaired) electrons. The highest BCUT2D eigenvalue weighted by Gasteiger charge is 2.36. The van der Waals surface area contributed by atoms with Gasteiger partial charge in [0.1, 0.15) is 60.2 Å². The summed E-state index contributed by atoms with van der Waals surface area (Å²) in [6.07, 6.45) is 6.04. The minimum absolute atomic E-state index is 0.275. The average molecular weight is 603 g/mol. The van der Waals surface area contributed by atoms with Crippen molar-refractivity contribution in [2.24, 2.45) is 0 Å². The van der Waals surface area contributed by atoms with Crippen LogP contribution in [0.3, 0.4) is 0 Å². The van der Waals surface area contributed by atoms with Crippen LogP contribution in [0.2, 0.25) is 0 Å². The fourth-order valence-electron chi connectivity index (χ4n) is 5.69. The smallest absolute Gasteiger partial charge is 0.148 e. The van der Waals surface area contributed by atoms with Gasteiger partial charge in [-0.2, -0.15) is 0 Å². The van der Waals surface area contributed by atoms with Crippen molar-refractivity contribution in [2.75, 3.05) is 24.7 Å². The molecule has 0 spiro atoms. The van der Waals surface area contributed by atoms with E-state index in [0.29, 0.717) is 70.5 Å². The van der Waals surface area contributed by atoms with Gasteiger partial charge < -0.3 is 50.5 Å². The van der Waals surface area contributed by atoms with Crippen LogP contribution < -0.4 is 11.5 Å². The van der Waals surface area contributed by atoms with Gasteiger partial charge in [0.05, 0.1) is 47.3 Å². The van der Waals surface area contributed by atoms with E-state index in [-0.39, 0.29) is 13.2 Å². The topological polar surface area (TPSA) is 213 Å². The average Bonchev–Trinajstić information content (AvgIpc) is 3.78. The molecule has 2 fully saturated rings.